The molecule has 1 unspecified atom stereocenters. The van der Waals surface area contributed by atoms with Crippen molar-refractivity contribution in [2.75, 3.05) is 17.2 Å². The molecule has 1 atom stereocenters. The summed E-state index contributed by atoms with van der Waals surface area (Å²) in [6, 6.07) is 17.2. The Bertz CT molecular complexity index is 1340. The van der Waals surface area contributed by atoms with Crippen LogP contribution in [0.4, 0.5) is 17.1 Å². The van der Waals surface area contributed by atoms with E-state index in [4.69, 9.17) is 22.9 Å². The van der Waals surface area contributed by atoms with Crippen LogP contribution >= 0.6 is 0 Å². The zero-order valence-corrected chi connectivity index (χ0v) is 18.1. The molecule has 0 spiro atoms. The Kier molecular flexibility index (Phi) is 5.80. The van der Waals surface area contributed by atoms with Crippen LogP contribution in [0.3, 0.4) is 0 Å². The molecule has 0 bridgehead atoms. The summed E-state index contributed by atoms with van der Waals surface area (Å²) in [7, 11) is 0. The van der Waals surface area contributed by atoms with Gasteiger partial charge < -0.3 is 33.1 Å². The summed E-state index contributed by atoms with van der Waals surface area (Å²) >= 11 is 0. The summed E-state index contributed by atoms with van der Waals surface area (Å²) in [5.74, 6) is -4.02. The van der Waals surface area contributed by atoms with Gasteiger partial charge in [0.2, 0.25) is 5.79 Å². The Morgan fingerprint density at radius 2 is 1.26 bits per heavy atom. The number of nitrogen functional groups attached to an aromatic ring is 3. The third kappa shape index (κ3) is 4.08. The van der Waals surface area contributed by atoms with Crippen molar-refractivity contribution in [2.45, 2.75) is 11.8 Å². The van der Waals surface area contributed by atoms with Crippen LogP contribution in [0.2, 0.25) is 0 Å². The van der Waals surface area contributed by atoms with Crippen molar-refractivity contribution in [2.24, 2.45) is 5.73 Å². The molecule has 34 heavy (non-hydrogen) atoms. The van der Waals surface area contributed by atoms with Gasteiger partial charge in [-0.25, -0.2) is 0 Å². The van der Waals surface area contributed by atoms with E-state index in [1.165, 1.54) is 42.5 Å². The maximum Gasteiger partial charge on any atom is 0.213 e. The number of hydrogen-bond donors (Lipinski definition) is 6. The average molecular weight is 457 g/mol. The average Bonchev–Trinajstić information content (AvgIpc) is 2.81. The van der Waals surface area contributed by atoms with E-state index in [9.17, 15) is 19.8 Å². The van der Waals surface area contributed by atoms with Gasteiger partial charge in [0, 0.05) is 33.8 Å². The molecule has 0 heterocycles. The molecule has 0 fully saturated rings. The second-order valence-corrected chi connectivity index (χ2v) is 8.12. The van der Waals surface area contributed by atoms with E-state index in [1.54, 1.807) is 36.4 Å². The fourth-order valence-electron chi connectivity index (χ4n) is 3.89. The number of carbonyl (C=O) groups excluding carboxylic acids is 2. The molecule has 3 aromatic rings. The Morgan fingerprint density at radius 3 is 1.79 bits per heavy atom. The minimum atomic E-state index is -2.82. The normalized spacial score (nSPS) is 17.3. The highest BCUT2D eigenvalue weighted by Gasteiger charge is 2.47. The molecule has 8 heteroatoms. The Hall–Kier alpha value is -4.24. The fraction of sp³-hybridized carbons (Fsp3) is 0.0769. The van der Waals surface area contributed by atoms with Crippen LogP contribution in [0.15, 0.2) is 90.0 Å². The zero-order valence-electron chi connectivity index (χ0n) is 18.1. The highest BCUT2D eigenvalue weighted by Crippen LogP contribution is 2.38. The molecule has 1 aliphatic carbocycles. The van der Waals surface area contributed by atoms with E-state index < -0.39 is 23.4 Å². The number of ketones is 2. The van der Waals surface area contributed by atoms with E-state index in [-0.39, 0.29) is 27.8 Å². The minimum absolute atomic E-state index is 0.0748. The highest BCUT2D eigenvalue weighted by atomic mass is 16.5. The van der Waals surface area contributed by atoms with Gasteiger partial charge in [-0.15, -0.1) is 0 Å². The summed E-state index contributed by atoms with van der Waals surface area (Å²) in [5.41, 5.74) is 25.7. The number of nitrogens with two attached hydrogens (primary N) is 4. The number of rotatable bonds is 5. The van der Waals surface area contributed by atoms with Crippen molar-refractivity contribution >= 4 is 34.2 Å². The molecule has 0 saturated carbocycles. The molecule has 10 N–H and O–H groups in total. The molecule has 8 nitrogen and oxygen atoms in total. The van der Waals surface area contributed by atoms with Crippen molar-refractivity contribution in [1.82, 2.24) is 0 Å². The molecule has 0 aromatic heterocycles. The predicted octanol–water partition coefficient (Wildman–Crippen LogP) is 1.90. The van der Waals surface area contributed by atoms with Crippen LogP contribution in [-0.4, -0.2) is 33.6 Å². The van der Waals surface area contributed by atoms with E-state index in [2.05, 4.69) is 0 Å². The van der Waals surface area contributed by atoms with Crippen molar-refractivity contribution in [3.8, 4) is 0 Å². The highest BCUT2D eigenvalue weighted by molar-refractivity contribution is 6.19. The summed E-state index contributed by atoms with van der Waals surface area (Å²) in [6.07, 6.45) is 1.28. The first kappa shape index (κ1) is 22.9. The third-order valence-corrected chi connectivity index (χ3v) is 5.75. The van der Waals surface area contributed by atoms with Gasteiger partial charge in [-0.1, -0.05) is 12.1 Å². The number of carbonyl (C=O) groups is 2. The molecule has 0 radical (unpaired) electrons. The van der Waals surface area contributed by atoms with E-state index in [0.717, 1.165) is 0 Å². The number of hydrogen-bond acceptors (Lipinski definition) is 8. The van der Waals surface area contributed by atoms with Gasteiger partial charge in [0.1, 0.15) is 0 Å². The molecular weight excluding hydrogens is 432 g/mol. The second kappa shape index (κ2) is 8.60. The maximum absolute atomic E-state index is 13.5. The molecular formula is C26H24N4O4. The molecule has 172 valence electrons. The zero-order chi connectivity index (χ0) is 24.6. The minimum Gasteiger partial charge on any atom is -0.399 e. The molecule has 0 aliphatic heterocycles. The van der Waals surface area contributed by atoms with Gasteiger partial charge in [0.15, 0.2) is 11.6 Å². The Labute approximate surface area is 195 Å². The first-order valence-electron chi connectivity index (χ1n) is 10.4. The number of Topliss-reactive ketones (excluding diaryl/α,β-unsaturated/α-hetero) is 2. The van der Waals surface area contributed by atoms with Crippen molar-refractivity contribution in [1.29, 1.82) is 0 Å². The standard InChI is InChI=1S/C26H24N4O4/c27-17-8-4-14(5-9-17)23(31)21-13-20(16-2-1-3-19(29)12-16)22(25(30)26(21,33)34)24(32)15-6-10-18(28)11-7-15/h1-13,25,33-34H,27-30H2. The predicted molar refractivity (Wildman–Crippen MR) is 131 cm³/mol. The van der Waals surface area contributed by atoms with E-state index in [1.807, 2.05) is 0 Å². The molecule has 3 aromatic carbocycles. The Balaban J connectivity index is 1.95. The first-order valence-corrected chi connectivity index (χ1v) is 10.4. The fourth-order valence-corrected chi connectivity index (χ4v) is 3.89. The lowest BCUT2D eigenvalue weighted by Gasteiger charge is -2.36. The molecule has 1 aliphatic rings. The topological polar surface area (TPSA) is 179 Å². The smallest absolute Gasteiger partial charge is 0.213 e. The summed E-state index contributed by atoms with van der Waals surface area (Å²) in [5, 5.41) is 22.0. The van der Waals surface area contributed by atoms with Crippen LogP contribution in [0.5, 0.6) is 0 Å². The third-order valence-electron chi connectivity index (χ3n) is 5.75. The van der Waals surface area contributed by atoms with Gasteiger partial charge in [0.25, 0.3) is 0 Å². The van der Waals surface area contributed by atoms with Crippen molar-refractivity contribution in [3.63, 3.8) is 0 Å². The monoisotopic (exact) mass is 456 g/mol. The number of anilines is 3. The van der Waals surface area contributed by atoms with Crippen molar-refractivity contribution < 1.29 is 19.8 Å². The maximum atomic E-state index is 13.5. The van der Waals surface area contributed by atoms with Gasteiger partial charge in [-0.05, 0) is 77.9 Å². The molecule has 0 saturated heterocycles. The lowest BCUT2D eigenvalue weighted by molar-refractivity contribution is -0.134. The largest absolute Gasteiger partial charge is 0.399 e. The van der Waals surface area contributed by atoms with Crippen LogP contribution in [-0.2, 0) is 0 Å². The van der Waals surface area contributed by atoms with Gasteiger partial charge in [0.05, 0.1) is 11.6 Å². The lowest BCUT2D eigenvalue weighted by atomic mass is 9.76. The van der Waals surface area contributed by atoms with Crippen LogP contribution in [0.25, 0.3) is 5.57 Å². The summed E-state index contributed by atoms with van der Waals surface area (Å²) < 4.78 is 0. The van der Waals surface area contributed by atoms with Gasteiger partial charge in [-0.2, -0.15) is 0 Å². The summed E-state index contributed by atoms with van der Waals surface area (Å²) in [6.45, 7) is 0. The van der Waals surface area contributed by atoms with E-state index in [0.29, 0.717) is 22.6 Å². The van der Waals surface area contributed by atoms with Crippen LogP contribution in [0.1, 0.15) is 26.3 Å². The van der Waals surface area contributed by atoms with Crippen LogP contribution < -0.4 is 22.9 Å². The van der Waals surface area contributed by atoms with Gasteiger partial charge in [-0.3, -0.25) is 9.59 Å². The van der Waals surface area contributed by atoms with Crippen molar-refractivity contribution in [3.05, 3.63) is 107 Å². The number of allylic oxidation sites excluding steroid dienone is 2. The number of aliphatic hydroxyl groups is 2. The molecule has 0 amide bonds. The lowest BCUT2D eigenvalue weighted by Crippen LogP contribution is -2.55. The summed E-state index contributed by atoms with van der Waals surface area (Å²) in [4.78, 5) is 26.8. The van der Waals surface area contributed by atoms with E-state index >= 15 is 0 Å². The van der Waals surface area contributed by atoms with Crippen LogP contribution in [0, 0.1) is 0 Å². The Morgan fingerprint density at radius 1 is 0.735 bits per heavy atom. The second-order valence-electron chi connectivity index (χ2n) is 8.12. The SMILES string of the molecule is Nc1ccc(C(=O)C2=CC(c3cccc(N)c3)=C(C(=O)c3ccc(N)cc3)C(N)C2(O)O)cc1. The first-order chi connectivity index (χ1) is 16.1. The number of benzene rings is 3. The molecule has 4 rings (SSSR count). The van der Waals surface area contributed by atoms with Gasteiger partial charge >= 0.3 is 0 Å². The quantitative estimate of drug-likeness (QED) is 0.191.